The zero-order valence-electron chi connectivity index (χ0n) is 14.5. The highest BCUT2D eigenvalue weighted by Gasteiger charge is 2.19. The summed E-state index contributed by atoms with van der Waals surface area (Å²) in [6.45, 7) is 4.43. The van der Waals surface area contributed by atoms with Gasteiger partial charge in [0.15, 0.2) is 5.16 Å². The van der Waals surface area contributed by atoms with Gasteiger partial charge in [-0.3, -0.25) is 4.79 Å². The average molecular weight is 387 g/mol. The van der Waals surface area contributed by atoms with E-state index in [1.807, 2.05) is 42.7 Å². The fourth-order valence-electron chi connectivity index (χ4n) is 2.42. The molecule has 1 N–H and O–H groups in total. The minimum Gasteiger partial charge on any atom is -0.325 e. The molecule has 134 valence electrons. The number of halogens is 1. The smallest absolute Gasteiger partial charge is 0.237 e. The Morgan fingerprint density at radius 3 is 2.69 bits per heavy atom. The van der Waals surface area contributed by atoms with Crippen molar-refractivity contribution in [3.63, 3.8) is 0 Å². The van der Waals surface area contributed by atoms with Crippen LogP contribution >= 0.6 is 23.4 Å². The predicted octanol–water partition coefficient (Wildman–Crippen LogP) is 4.41. The summed E-state index contributed by atoms with van der Waals surface area (Å²) in [6.07, 6.45) is 0. The van der Waals surface area contributed by atoms with Crippen LogP contribution in [0.2, 0.25) is 5.02 Å². The van der Waals surface area contributed by atoms with Crippen molar-refractivity contribution in [3.05, 3.63) is 71.0 Å². The molecule has 5 nitrogen and oxygen atoms in total. The number of nitrogens with one attached hydrogen (secondary N) is 1. The molecule has 0 fully saturated rings. The molecule has 0 unspecified atom stereocenters. The molecule has 1 atom stereocenters. The number of hydrogen-bond donors (Lipinski definition) is 1. The summed E-state index contributed by atoms with van der Waals surface area (Å²) in [4.78, 5) is 12.5. The highest BCUT2D eigenvalue weighted by atomic mass is 35.5. The van der Waals surface area contributed by atoms with E-state index in [1.165, 1.54) is 11.8 Å². The quantitative estimate of drug-likeness (QED) is 0.637. The third kappa shape index (κ3) is 4.65. The summed E-state index contributed by atoms with van der Waals surface area (Å²) in [5, 5.41) is 12.3. The lowest BCUT2D eigenvalue weighted by atomic mass is 10.2. The zero-order chi connectivity index (χ0) is 18.5. The summed E-state index contributed by atoms with van der Waals surface area (Å²) >= 11 is 7.35. The second-order valence-corrected chi connectivity index (χ2v) is 7.61. The fraction of sp³-hybridized carbons (Fsp3) is 0.211. The molecule has 3 rings (SSSR count). The van der Waals surface area contributed by atoms with Crippen LogP contribution < -0.4 is 5.32 Å². The number of rotatable bonds is 6. The molecule has 3 aromatic rings. The van der Waals surface area contributed by atoms with Gasteiger partial charge in [0, 0.05) is 10.7 Å². The van der Waals surface area contributed by atoms with Crippen LogP contribution in [-0.4, -0.2) is 25.9 Å². The SMILES string of the molecule is Cc1nnc(S[C@@H](C)C(=O)Nc2cccc(Cl)c2)n1Cc1ccccc1. The Morgan fingerprint density at radius 2 is 1.96 bits per heavy atom. The number of carbonyl (C=O) groups excluding carboxylic acids is 1. The molecule has 0 aliphatic rings. The molecule has 1 heterocycles. The van der Waals surface area contributed by atoms with Gasteiger partial charge >= 0.3 is 0 Å². The molecule has 0 radical (unpaired) electrons. The Labute approximate surface area is 161 Å². The lowest BCUT2D eigenvalue weighted by molar-refractivity contribution is -0.115. The van der Waals surface area contributed by atoms with Crippen molar-refractivity contribution < 1.29 is 4.79 Å². The predicted molar refractivity (Wildman–Crippen MR) is 106 cm³/mol. The number of nitrogens with zero attached hydrogens (tertiary/aromatic N) is 3. The first-order valence-corrected chi connectivity index (χ1v) is 9.45. The van der Waals surface area contributed by atoms with Gasteiger partial charge in [-0.25, -0.2) is 0 Å². The first kappa shape index (κ1) is 18.5. The minimum absolute atomic E-state index is 0.107. The number of carbonyl (C=O) groups is 1. The molecule has 0 aliphatic carbocycles. The van der Waals surface area contributed by atoms with Crippen molar-refractivity contribution in [1.29, 1.82) is 0 Å². The Hall–Kier alpha value is -2.31. The number of anilines is 1. The molecular weight excluding hydrogens is 368 g/mol. The molecule has 2 aromatic carbocycles. The second kappa shape index (κ2) is 8.38. The van der Waals surface area contributed by atoms with Gasteiger partial charge in [0.05, 0.1) is 11.8 Å². The van der Waals surface area contributed by atoms with Crippen LogP contribution in [0.15, 0.2) is 59.8 Å². The lowest BCUT2D eigenvalue weighted by Crippen LogP contribution is -2.23. The van der Waals surface area contributed by atoms with Gasteiger partial charge in [0.2, 0.25) is 5.91 Å². The van der Waals surface area contributed by atoms with Gasteiger partial charge in [0.1, 0.15) is 5.82 Å². The number of aromatic nitrogens is 3. The van der Waals surface area contributed by atoms with Gasteiger partial charge in [-0.05, 0) is 37.6 Å². The summed E-state index contributed by atoms with van der Waals surface area (Å²) < 4.78 is 2.02. The highest BCUT2D eigenvalue weighted by Crippen LogP contribution is 2.24. The molecule has 0 spiro atoms. The average Bonchev–Trinajstić information content (AvgIpc) is 2.96. The number of amides is 1. The van der Waals surface area contributed by atoms with Crippen LogP contribution in [0.5, 0.6) is 0 Å². The number of hydrogen-bond acceptors (Lipinski definition) is 4. The Balaban J connectivity index is 1.69. The van der Waals surface area contributed by atoms with Crippen molar-refractivity contribution in [3.8, 4) is 0 Å². The molecule has 0 bridgehead atoms. The van der Waals surface area contributed by atoms with Crippen LogP contribution in [0.3, 0.4) is 0 Å². The van der Waals surface area contributed by atoms with Gasteiger partial charge in [-0.2, -0.15) is 0 Å². The molecule has 0 saturated carbocycles. The van der Waals surface area contributed by atoms with Crippen LogP contribution in [0.1, 0.15) is 18.3 Å². The maximum Gasteiger partial charge on any atom is 0.237 e. The fourth-order valence-corrected chi connectivity index (χ4v) is 3.50. The standard InChI is InChI=1S/C19H19ClN4OS/c1-13(18(25)21-17-10-6-9-16(20)11-17)26-19-23-22-14(2)24(19)12-15-7-4-3-5-8-15/h3-11,13H,12H2,1-2H3,(H,21,25)/t13-/m0/s1. The van der Waals surface area contributed by atoms with Gasteiger partial charge < -0.3 is 9.88 Å². The van der Waals surface area contributed by atoms with Crippen molar-refractivity contribution in [2.75, 3.05) is 5.32 Å². The summed E-state index contributed by atoms with van der Waals surface area (Å²) in [5.41, 5.74) is 1.84. The van der Waals surface area contributed by atoms with Crippen LogP contribution in [-0.2, 0) is 11.3 Å². The molecule has 1 aromatic heterocycles. The zero-order valence-corrected chi connectivity index (χ0v) is 16.1. The normalized spacial score (nSPS) is 12.0. The first-order chi connectivity index (χ1) is 12.5. The van der Waals surface area contributed by atoms with Crippen LogP contribution in [0.4, 0.5) is 5.69 Å². The third-order valence-electron chi connectivity index (χ3n) is 3.83. The Morgan fingerprint density at radius 1 is 1.19 bits per heavy atom. The van der Waals surface area contributed by atoms with E-state index >= 15 is 0 Å². The molecule has 0 aliphatic heterocycles. The topological polar surface area (TPSA) is 59.8 Å². The molecule has 7 heteroatoms. The molecule has 0 saturated heterocycles. The maximum absolute atomic E-state index is 12.5. The number of thioether (sulfide) groups is 1. The first-order valence-electron chi connectivity index (χ1n) is 8.20. The van der Waals surface area contributed by atoms with Crippen LogP contribution in [0.25, 0.3) is 0 Å². The van der Waals surface area contributed by atoms with Crippen molar-refractivity contribution in [2.45, 2.75) is 30.8 Å². The molecule has 1 amide bonds. The van der Waals surface area contributed by atoms with Gasteiger partial charge in [0.25, 0.3) is 0 Å². The van der Waals surface area contributed by atoms with Crippen molar-refractivity contribution in [1.82, 2.24) is 14.8 Å². The minimum atomic E-state index is -0.327. The van der Waals surface area contributed by atoms with E-state index in [9.17, 15) is 4.79 Å². The largest absolute Gasteiger partial charge is 0.325 e. The Bertz CT molecular complexity index is 898. The summed E-state index contributed by atoms with van der Waals surface area (Å²) in [7, 11) is 0. The third-order valence-corrected chi connectivity index (χ3v) is 5.14. The Kier molecular flexibility index (Phi) is 5.96. The number of aryl methyl sites for hydroxylation is 1. The molecular formula is C19H19ClN4OS. The van der Waals surface area contributed by atoms with E-state index in [4.69, 9.17) is 11.6 Å². The van der Waals surface area contributed by atoms with Gasteiger partial charge in [-0.1, -0.05) is 59.8 Å². The van der Waals surface area contributed by atoms with E-state index in [1.54, 1.807) is 18.2 Å². The second-order valence-electron chi connectivity index (χ2n) is 5.86. The van der Waals surface area contributed by atoms with E-state index in [0.717, 1.165) is 16.5 Å². The summed E-state index contributed by atoms with van der Waals surface area (Å²) in [6, 6.07) is 17.2. The van der Waals surface area contributed by atoms with E-state index in [0.29, 0.717) is 17.3 Å². The number of benzene rings is 2. The maximum atomic E-state index is 12.5. The van der Waals surface area contributed by atoms with Crippen LogP contribution in [0, 0.1) is 6.92 Å². The lowest BCUT2D eigenvalue weighted by Gasteiger charge is -2.13. The van der Waals surface area contributed by atoms with Crippen molar-refractivity contribution >= 4 is 35.0 Å². The van der Waals surface area contributed by atoms with Crippen molar-refractivity contribution in [2.24, 2.45) is 0 Å². The summed E-state index contributed by atoms with van der Waals surface area (Å²) in [5.74, 6) is 0.711. The van der Waals surface area contributed by atoms with Gasteiger partial charge in [-0.15, -0.1) is 10.2 Å². The highest BCUT2D eigenvalue weighted by molar-refractivity contribution is 8.00. The van der Waals surface area contributed by atoms with E-state index in [-0.39, 0.29) is 11.2 Å². The monoisotopic (exact) mass is 386 g/mol. The van der Waals surface area contributed by atoms with E-state index in [2.05, 4.69) is 27.6 Å². The molecule has 26 heavy (non-hydrogen) atoms. The van der Waals surface area contributed by atoms with E-state index < -0.39 is 0 Å².